The molecule has 36 heavy (non-hydrogen) atoms. The lowest BCUT2D eigenvalue weighted by Gasteiger charge is -2.21. The Bertz CT molecular complexity index is 801. The number of unbranched alkanes of at least 4 members (excludes halogenated alkanes) is 12. The molecular weight excluding hydrogens is 471 g/mol. The van der Waals surface area contributed by atoms with Crippen LogP contribution in [-0.2, 0) is 9.53 Å². The third kappa shape index (κ3) is 11.2. The highest BCUT2D eigenvalue weighted by molar-refractivity contribution is 5.97. The Morgan fingerprint density at radius 3 is 1.81 bits per heavy atom. The fourth-order valence-electron chi connectivity index (χ4n) is 4.02. The Hall–Kier alpha value is -2.25. The maximum Gasteiger partial charge on any atom is 0.328 e. The minimum Gasteiger partial charge on any atom is -0.491 e. The maximum absolute atomic E-state index is 14.4. The third-order valence-corrected chi connectivity index (χ3v) is 6.26. The first-order chi connectivity index (χ1) is 17.2. The molecule has 1 rings (SSSR count). The molecule has 1 unspecified atom stereocenters. The molecule has 0 heterocycles. The molecule has 1 aromatic carbocycles. The predicted molar refractivity (Wildman–Crippen MR) is 136 cm³/mol. The van der Waals surface area contributed by atoms with Crippen molar-refractivity contribution in [1.29, 1.82) is 0 Å². The van der Waals surface area contributed by atoms with Crippen molar-refractivity contribution < 1.29 is 32.2 Å². The molecule has 0 aliphatic rings. The molecule has 0 aromatic heterocycles. The molecule has 0 saturated heterocycles. The van der Waals surface area contributed by atoms with E-state index in [0.717, 1.165) is 32.8 Å². The first-order valence-corrected chi connectivity index (χ1v) is 13.4. The number of halogens is 3. The largest absolute Gasteiger partial charge is 0.491 e. The van der Waals surface area contributed by atoms with Gasteiger partial charge in [-0.15, -0.1) is 0 Å². The molecule has 206 valence electrons. The van der Waals surface area contributed by atoms with Crippen molar-refractivity contribution in [2.24, 2.45) is 5.92 Å². The molecule has 0 fully saturated rings. The molecule has 1 atom stereocenters. The van der Waals surface area contributed by atoms with Gasteiger partial charge < -0.3 is 14.8 Å². The number of hydrogen-bond donors (Lipinski definition) is 1. The fraction of sp³-hybridized carbons (Fsp3) is 0.714. The predicted octanol–water partition coefficient (Wildman–Crippen LogP) is 7.50. The van der Waals surface area contributed by atoms with Gasteiger partial charge in [-0.05, 0) is 18.4 Å². The van der Waals surface area contributed by atoms with Crippen LogP contribution in [0.25, 0.3) is 0 Å². The second kappa shape index (κ2) is 18.1. The zero-order valence-corrected chi connectivity index (χ0v) is 22.4. The lowest BCUT2D eigenvalue weighted by Crippen LogP contribution is -2.45. The van der Waals surface area contributed by atoms with Crippen LogP contribution in [0.3, 0.4) is 0 Å². The smallest absolute Gasteiger partial charge is 0.328 e. The standard InChI is InChI=1S/C28H44F3NO4/c1-5-6-7-8-9-10-11-12-13-14-15-16-17-18-36-28(34)25(20(2)3)32-27(33)21-19-22(29)24(31)26(35-4)23(21)30/h19-20,25H,5-18H2,1-4H3,(H,32,33). The van der Waals surface area contributed by atoms with Gasteiger partial charge in [0.15, 0.2) is 17.4 Å². The summed E-state index contributed by atoms with van der Waals surface area (Å²) in [5.74, 6) is -7.34. The van der Waals surface area contributed by atoms with Gasteiger partial charge in [0.05, 0.1) is 19.3 Å². The average Bonchev–Trinajstić information content (AvgIpc) is 2.84. The van der Waals surface area contributed by atoms with E-state index in [4.69, 9.17) is 4.74 Å². The summed E-state index contributed by atoms with van der Waals surface area (Å²) in [6, 6.07) is -0.614. The van der Waals surface area contributed by atoms with Crippen molar-refractivity contribution in [2.75, 3.05) is 13.7 Å². The van der Waals surface area contributed by atoms with E-state index in [1.54, 1.807) is 13.8 Å². The van der Waals surface area contributed by atoms with Gasteiger partial charge in [-0.25, -0.2) is 13.6 Å². The Labute approximate surface area is 214 Å². The van der Waals surface area contributed by atoms with E-state index < -0.39 is 46.7 Å². The van der Waals surface area contributed by atoms with Crippen molar-refractivity contribution in [3.8, 4) is 5.75 Å². The van der Waals surface area contributed by atoms with E-state index in [2.05, 4.69) is 17.0 Å². The van der Waals surface area contributed by atoms with Crippen molar-refractivity contribution in [3.63, 3.8) is 0 Å². The lowest BCUT2D eigenvalue weighted by molar-refractivity contribution is -0.147. The van der Waals surface area contributed by atoms with Gasteiger partial charge in [0.25, 0.3) is 5.91 Å². The molecule has 0 spiro atoms. The molecule has 1 N–H and O–H groups in total. The molecule has 0 bridgehead atoms. The van der Waals surface area contributed by atoms with Gasteiger partial charge in [-0.3, -0.25) is 4.79 Å². The quantitative estimate of drug-likeness (QED) is 0.118. The van der Waals surface area contributed by atoms with Crippen LogP contribution in [0, 0.1) is 23.4 Å². The highest BCUT2D eigenvalue weighted by atomic mass is 19.2. The Morgan fingerprint density at radius 1 is 0.833 bits per heavy atom. The first-order valence-electron chi connectivity index (χ1n) is 13.4. The number of carbonyl (C=O) groups is 2. The summed E-state index contributed by atoms with van der Waals surface area (Å²) in [7, 11) is 0.966. The molecule has 1 aromatic rings. The van der Waals surface area contributed by atoms with Crippen LogP contribution in [0.5, 0.6) is 5.75 Å². The van der Waals surface area contributed by atoms with E-state index >= 15 is 0 Å². The van der Waals surface area contributed by atoms with Crippen LogP contribution < -0.4 is 10.1 Å². The minimum atomic E-state index is -1.52. The maximum atomic E-state index is 14.4. The van der Waals surface area contributed by atoms with Crippen LogP contribution in [0.2, 0.25) is 0 Å². The lowest BCUT2D eigenvalue weighted by atomic mass is 10.0. The third-order valence-electron chi connectivity index (χ3n) is 6.26. The summed E-state index contributed by atoms with van der Waals surface area (Å²) in [6.07, 6.45) is 15.7. The first kappa shape index (κ1) is 31.8. The normalized spacial score (nSPS) is 12.0. The van der Waals surface area contributed by atoms with Gasteiger partial charge >= 0.3 is 5.97 Å². The topological polar surface area (TPSA) is 64.6 Å². The van der Waals surface area contributed by atoms with E-state index in [9.17, 15) is 22.8 Å². The summed E-state index contributed by atoms with van der Waals surface area (Å²) in [4.78, 5) is 25.0. The van der Waals surface area contributed by atoms with Crippen molar-refractivity contribution in [3.05, 3.63) is 29.1 Å². The number of carbonyl (C=O) groups excluding carboxylic acids is 2. The number of hydrogen-bond acceptors (Lipinski definition) is 4. The fourth-order valence-corrected chi connectivity index (χ4v) is 4.02. The number of esters is 1. The summed E-state index contributed by atoms with van der Waals surface area (Å²) < 4.78 is 51.6. The van der Waals surface area contributed by atoms with Gasteiger partial charge in [0, 0.05) is 0 Å². The van der Waals surface area contributed by atoms with Crippen LogP contribution in [0.4, 0.5) is 13.2 Å². The molecule has 1 amide bonds. The zero-order chi connectivity index (χ0) is 26.9. The Kier molecular flexibility index (Phi) is 15.9. The second-order valence-electron chi connectivity index (χ2n) is 9.67. The zero-order valence-electron chi connectivity index (χ0n) is 22.4. The number of nitrogens with one attached hydrogen (secondary N) is 1. The molecule has 0 aliphatic heterocycles. The van der Waals surface area contributed by atoms with Crippen LogP contribution in [0.1, 0.15) is 115 Å². The van der Waals surface area contributed by atoms with E-state index in [0.29, 0.717) is 6.07 Å². The Morgan fingerprint density at radius 2 is 1.33 bits per heavy atom. The van der Waals surface area contributed by atoms with E-state index in [1.165, 1.54) is 57.8 Å². The van der Waals surface area contributed by atoms with Crippen LogP contribution >= 0.6 is 0 Å². The highest BCUT2D eigenvalue weighted by Crippen LogP contribution is 2.27. The molecule has 0 saturated carbocycles. The number of methoxy groups -OCH3 is 1. The molecule has 5 nitrogen and oxygen atoms in total. The summed E-state index contributed by atoms with van der Waals surface area (Å²) in [5, 5.41) is 2.37. The van der Waals surface area contributed by atoms with Crippen molar-refractivity contribution in [1.82, 2.24) is 5.32 Å². The highest BCUT2D eigenvalue weighted by Gasteiger charge is 2.29. The monoisotopic (exact) mass is 515 g/mol. The molecular formula is C28H44F3NO4. The van der Waals surface area contributed by atoms with Gasteiger partial charge in [0.1, 0.15) is 6.04 Å². The van der Waals surface area contributed by atoms with Crippen molar-refractivity contribution >= 4 is 11.9 Å². The van der Waals surface area contributed by atoms with E-state index in [1.807, 2.05) is 0 Å². The second-order valence-corrected chi connectivity index (χ2v) is 9.67. The average molecular weight is 516 g/mol. The number of benzene rings is 1. The van der Waals surface area contributed by atoms with Gasteiger partial charge in [-0.2, -0.15) is 4.39 Å². The minimum absolute atomic E-state index is 0.225. The van der Waals surface area contributed by atoms with Crippen molar-refractivity contribution in [2.45, 2.75) is 110 Å². The number of amides is 1. The molecule has 8 heteroatoms. The molecule has 0 radical (unpaired) electrons. The van der Waals surface area contributed by atoms with Gasteiger partial charge in [-0.1, -0.05) is 97.8 Å². The van der Waals surface area contributed by atoms with Gasteiger partial charge in [0.2, 0.25) is 5.82 Å². The summed E-state index contributed by atoms with van der Waals surface area (Å²) in [5.41, 5.74) is -0.749. The van der Waals surface area contributed by atoms with Crippen LogP contribution in [0.15, 0.2) is 6.07 Å². The summed E-state index contributed by atoms with van der Waals surface area (Å²) >= 11 is 0. The van der Waals surface area contributed by atoms with Crippen LogP contribution in [-0.4, -0.2) is 31.6 Å². The number of ether oxygens (including phenoxy) is 2. The number of rotatable bonds is 19. The summed E-state index contributed by atoms with van der Waals surface area (Å²) in [6.45, 7) is 5.84. The SMILES string of the molecule is CCCCCCCCCCCCCCCOC(=O)C(NC(=O)c1cc(F)c(F)c(OC)c1F)C(C)C. The molecule has 0 aliphatic carbocycles. The van der Waals surface area contributed by atoms with E-state index in [-0.39, 0.29) is 12.5 Å². The Balaban J connectivity index is 2.33.